The first kappa shape index (κ1) is 27.7. The van der Waals surface area contributed by atoms with Crippen LogP contribution in [0.15, 0.2) is 42.5 Å². The average molecular weight is 436 g/mol. The van der Waals surface area contributed by atoms with Crippen LogP contribution in [0.5, 0.6) is 0 Å². The van der Waals surface area contributed by atoms with Gasteiger partial charge in [-0.05, 0) is 12.1 Å². The molecule has 25 heavy (non-hydrogen) atoms. The van der Waals surface area contributed by atoms with E-state index in [0.717, 1.165) is 17.8 Å². The fourth-order valence-corrected chi connectivity index (χ4v) is 1.27. The maximum Gasteiger partial charge on any atom is 1.00 e. The maximum absolute atomic E-state index is 12.5. The van der Waals surface area contributed by atoms with Gasteiger partial charge in [0, 0.05) is 16.4 Å². The number of hydrogen-bond acceptors (Lipinski definition) is 3. The Kier molecular flexibility index (Phi) is 20.2. The number of hydrogen-bond donors (Lipinski definition) is 1. The van der Waals surface area contributed by atoms with Gasteiger partial charge >= 0.3 is 19.5 Å². The van der Waals surface area contributed by atoms with Crippen molar-refractivity contribution < 1.29 is 33.6 Å². The second kappa shape index (κ2) is 18.2. The van der Waals surface area contributed by atoms with Crippen LogP contribution in [-0.2, 0) is 24.3 Å². The van der Waals surface area contributed by atoms with Gasteiger partial charge in [0.25, 0.3) is 0 Å². The van der Waals surface area contributed by atoms with Crippen molar-refractivity contribution >= 4 is 17.8 Å². The first-order valence-electron chi connectivity index (χ1n) is 7.62. The molecular formula is C18H24FN2O3Ru. The molecule has 0 aliphatic heterocycles. The quantitative estimate of drug-likeness (QED) is 0.238. The summed E-state index contributed by atoms with van der Waals surface area (Å²) in [4.78, 5) is 19.4. The number of aryl methyl sites for hydroxylation is 1. The molecule has 0 aliphatic carbocycles. The van der Waals surface area contributed by atoms with E-state index in [1.165, 1.54) is 6.92 Å². The summed E-state index contributed by atoms with van der Waals surface area (Å²) >= 11 is 0. The summed E-state index contributed by atoms with van der Waals surface area (Å²) in [6.45, 7) is 9.47. The first-order chi connectivity index (χ1) is 11.5. The van der Waals surface area contributed by atoms with Crippen molar-refractivity contribution in [3.05, 3.63) is 70.0 Å². The number of carbonyl (C=O) groups excluding carboxylic acids is 1. The van der Waals surface area contributed by atoms with Gasteiger partial charge in [0.15, 0.2) is 5.69 Å². The third kappa shape index (κ3) is 12.9. The molecule has 0 fully saturated rings. The van der Waals surface area contributed by atoms with Gasteiger partial charge in [-0.3, -0.25) is 19.3 Å². The van der Waals surface area contributed by atoms with Gasteiger partial charge in [0.1, 0.15) is 0 Å². The number of para-hydroxylation sites is 1. The predicted octanol–water partition coefficient (Wildman–Crippen LogP) is 5.15. The molecule has 2 rings (SSSR count). The third-order valence-electron chi connectivity index (χ3n) is 2.27. The number of nitrogens with zero attached hydrogens (tertiary/aromatic N) is 1. The van der Waals surface area contributed by atoms with Crippen molar-refractivity contribution in [1.29, 1.82) is 0 Å². The van der Waals surface area contributed by atoms with E-state index in [9.17, 15) is 19.3 Å². The van der Waals surface area contributed by atoms with Gasteiger partial charge in [-0.25, -0.2) is 0 Å². The van der Waals surface area contributed by atoms with Gasteiger partial charge in [-0.2, -0.15) is 0 Å². The number of non-ortho nitro benzene ring substituents is 1. The van der Waals surface area contributed by atoms with E-state index >= 15 is 0 Å². The molecule has 2 aromatic rings. The van der Waals surface area contributed by atoms with Crippen LogP contribution in [0.2, 0.25) is 0 Å². The number of amides is 1. The normalized spacial score (nSPS) is 7.76. The molecule has 1 N–H and O–H groups in total. The standard InChI is InChI=1S/C7H5FNO2.C7H7NO.2C2H6.Ru/c1-5-4-6(9(10)11)2-3-7(5)8;9-6-8-7-4-2-1-3-5-7;2*1-2;/h3-4H,1H3;1-6H,(H,8,9);2*1-2H3;/q-1;;;;+1. The van der Waals surface area contributed by atoms with Crippen molar-refractivity contribution in [3.8, 4) is 0 Å². The van der Waals surface area contributed by atoms with Crippen molar-refractivity contribution in [2.75, 3.05) is 5.32 Å². The van der Waals surface area contributed by atoms with Crippen molar-refractivity contribution in [3.63, 3.8) is 0 Å². The molecular weight excluding hydrogens is 412 g/mol. The zero-order chi connectivity index (χ0) is 19.0. The zero-order valence-corrected chi connectivity index (χ0v) is 16.8. The fourth-order valence-electron chi connectivity index (χ4n) is 1.27. The molecule has 0 aliphatic rings. The van der Waals surface area contributed by atoms with Gasteiger partial charge in [0.2, 0.25) is 6.41 Å². The number of halogens is 1. The number of anilines is 1. The molecule has 0 saturated carbocycles. The van der Waals surface area contributed by atoms with E-state index < -0.39 is 10.7 Å². The molecule has 1 radical (unpaired) electrons. The molecule has 0 unspecified atom stereocenters. The van der Waals surface area contributed by atoms with Crippen molar-refractivity contribution in [2.24, 2.45) is 0 Å². The summed E-state index contributed by atoms with van der Waals surface area (Å²) in [5.41, 5.74) is 0.881. The number of nitro groups is 1. The minimum atomic E-state index is -0.605. The van der Waals surface area contributed by atoms with Gasteiger partial charge < -0.3 is 5.32 Å². The van der Waals surface area contributed by atoms with Crippen molar-refractivity contribution in [2.45, 2.75) is 34.6 Å². The number of nitrogens with one attached hydrogen (secondary N) is 1. The van der Waals surface area contributed by atoms with Crippen LogP contribution in [0.3, 0.4) is 0 Å². The van der Waals surface area contributed by atoms with Crippen LogP contribution in [0, 0.1) is 28.9 Å². The Morgan fingerprint density at radius 2 is 1.68 bits per heavy atom. The Morgan fingerprint density at radius 3 is 2.08 bits per heavy atom. The second-order valence-corrected chi connectivity index (χ2v) is 3.73. The van der Waals surface area contributed by atoms with E-state index in [1.807, 2.05) is 58.0 Å². The SMILES string of the molecule is CC.CC.Cc1cc([N+](=O)[O-])[c-]cc1F.O=CNc1ccccc1.[Ru+]. The Labute approximate surface area is 161 Å². The zero-order valence-electron chi connectivity index (χ0n) is 15.0. The molecule has 0 spiro atoms. The van der Waals surface area contributed by atoms with Crippen LogP contribution >= 0.6 is 0 Å². The number of nitro benzene ring substituents is 1. The van der Waals surface area contributed by atoms with Crippen LogP contribution in [0.4, 0.5) is 15.8 Å². The minimum Gasteiger partial charge on any atom is -0.329 e. The molecule has 0 saturated heterocycles. The maximum atomic E-state index is 12.5. The van der Waals surface area contributed by atoms with Crippen molar-refractivity contribution in [1.82, 2.24) is 0 Å². The van der Waals surface area contributed by atoms with E-state index in [2.05, 4.69) is 11.4 Å². The largest absolute Gasteiger partial charge is 1.00 e. The summed E-state index contributed by atoms with van der Waals surface area (Å²) in [6.07, 6.45) is 0.662. The number of rotatable bonds is 3. The van der Waals surface area contributed by atoms with Crippen LogP contribution in [-0.4, -0.2) is 11.3 Å². The monoisotopic (exact) mass is 437 g/mol. The van der Waals surface area contributed by atoms with Gasteiger partial charge in [-0.15, -0.1) is 11.6 Å². The van der Waals surface area contributed by atoms with Crippen LogP contribution < -0.4 is 5.32 Å². The van der Waals surface area contributed by atoms with Crippen LogP contribution in [0.25, 0.3) is 0 Å². The molecule has 0 aromatic heterocycles. The number of carbonyl (C=O) groups is 1. The summed E-state index contributed by atoms with van der Waals surface area (Å²) < 4.78 is 12.5. The van der Waals surface area contributed by atoms with Crippen LogP contribution in [0.1, 0.15) is 33.3 Å². The molecule has 2 aromatic carbocycles. The van der Waals surface area contributed by atoms with E-state index in [1.54, 1.807) is 0 Å². The van der Waals surface area contributed by atoms with E-state index in [-0.39, 0.29) is 30.7 Å². The Bertz CT molecular complexity index is 596. The average Bonchev–Trinajstić information content (AvgIpc) is 2.62. The van der Waals surface area contributed by atoms with E-state index in [4.69, 9.17) is 0 Å². The summed E-state index contributed by atoms with van der Waals surface area (Å²) in [5.74, 6) is -0.476. The summed E-state index contributed by atoms with van der Waals surface area (Å²) in [7, 11) is 0. The first-order valence-corrected chi connectivity index (χ1v) is 7.62. The second-order valence-electron chi connectivity index (χ2n) is 3.73. The summed E-state index contributed by atoms with van der Waals surface area (Å²) in [6, 6.07) is 13.6. The molecule has 1 amide bonds. The molecule has 0 heterocycles. The molecule has 0 atom stereocenters. The topological polar surface area (TPSA) is 72.2 Å². The van der Waals surface area contributed by atoms with E-state index in [0.29, 0.717) is 6.41 Å². The third-order valence-corrected chi connectivity index (χ3v) is 2.27. The summed E-state index contributed by atoms with van der Waals surface area (Å²) in [5, 5.41) is 12.6. The molecule has 5 nitrogen and oxygen atoms in total. The molecule has 0 bridgehead atoms. The number of benzene rings is 2. The molecule has 139 valence electrons. The Hall–Kier alpha value is -2.14. The fraction of sp³-hybridized carbons (Fsp3) is 0.278. The Morgan fingerprint density at radius 1 is 1.16 bits per heavy atom. The minimum absolute atomic E-state index is 0. The predicted molar refractivity (Wildman–Crippen MR) is 95.5 cm³/mol. The smallest absolute Gasteiger partial charge is 0.329 e. The molecule has 7 heteroatoms. The Balaban J connectivity index is -0.000000316. The van der Waals surface area contributed by atoms with Gasteiger partial charge in [0.05, 0.1) is 0 Å². The van der Waals surface area contributed by atoms with Gasteiger partial charge in [-0.1, -0.05) is 65.0 Å².